The van der Waals surface area contributed by atoms with Crippen LogP contribution in [0.3, 0.4) is 0 Å². The summed E-state index contributed by atoms with van der Waals surface area (Å²) in [5.74, 6) is 2.53. The molecule has 3 N–H and O–H groups in total. The number of hydrogen-bond donors (Lipinski definition) is 3. The van der Waals surface area contributed by atoms with Gasteiger partial charge in [-0.05, 0) is 55.4 Å². The van der Waals surface area contributed by atoms with E-state index in [1.807, 2.05) is 48.7 Å². The Kier molecular flexibility index (Phi) is 8.28. The van der Waals surface area contributed by atoms with E-state index in [2.05, 4.69) is 13.5 Å². The molecule has 0 radical (unpaired) electrons. The molecular formula is C25H36O3S2. The quantitative estimate of drug-likeness (QED) is 0.290. The largest absolute Gasteiger partial charge is 0.507 e. The lowest BCUT2D eigenvalue weighted by atomic mass is 9.73. The summed E-state index contributed by atoms with van der Waals surface area (Å²) in [4.78, 5) is 0. The fraction of sp³-hybridized carbons (Fsp3) is 0.600. The van der Waals surface area contributed by atoms with Crippen LogP contribution in [0.15, 0.2) is 35.9 Å². The minimum Gasteiger partial charge on any atom is -0.507 e. The molecule has 0 aromatic heterocycles. The van der Waals surface area contributed by atoms with Crippen molar-refractivity contribution in [2.75, 3.05) is 18.1 Å². The smallest absolute Gasteiger partial charge is 0.123 e. The predicted octanol–water partition coefficient (Wildman–Crippen LogP) is 6.69. The van der Waals surface area contributed by atoms with Gasteiger partial charge >= 0.3 is 0 Å². The van der Waals surface area contributed by atoms with Crippen molar-refractivity contribution in [3.8, 4) is 11.5 Å². The molecule has 0 unspecified atom stereocenters. The van der Waals surface area contributed by atoms with Gasteiger partial charge in [0.15, 0.2) is 0 Å². The molecule has 1 aromatic carbocycles. The Morgan fingerprint density at radius 3 is 2.37 bits per heavy atom. The number of aliphatic hydroxyl groups excluding tert-OH is 1. The van der Waals surface area contributed by atoms with E-state index in [0.29, 0.717) is 5.56 Å². The Balaban J connectivity index is 1.95. The maximum absolute atomic E-state index is 11.1. The van der Waals surface area contributed by atoms with E-state index >= 15 is 0 Å². The molecule has 3 nitrogen and oxygen atoms in total. The lowest BCUT2D eigenvalue weighted by molar-refractivity contribution is 0.314. The van der Waals surface area contributed by atoms with Gasteiger partial charge in [-0.15, -0.1) is 23.5 Å². The van der Waals surface area contributed by atoms with Crippen LogP contribution in [0.4, 0.5) is 0 Å². The molecule has 166 valence electrons. The van der Waals surface area contributed by atoms with Crippen molar-refractivity contribution in [1.82, 2.24) is 0 Å². The number of aliphatic hydroxyl groups is 1. The highest BCUT2D eigenvalue weighted by molar-refractivity contribution is 8.20. The second kappa shape index (κ2) is 10.5. The molecule has 2 atom stereocenters. The summed E-state index contributed by atoms with van der Waals surface area (Å²) >= 11 is 3.90. The van der Waals surface area contributed by atoms with Gasteiger partial charge in [0.2, 0.25) is 0 Å². The number of allylic oxidation sites excluding steroid dienone is 2. The first-order valence-corrected chi connectivity index (χ1v) is 13.2. The summed E-state index contributed by atoms with van der Waals surface area (Å²) in [6.45, 7) is 8.40. The first-order valence-electron chi connectivity index (χ1n) is 11.2. The molecule has 0 amide bonds. The van der Waals surface area contributed by atoms with E-state index in [-0.39, 0.29) is 34.0 Å². The van der Waals surface area contributed by atoms with Crippen LogP contribution in [0.2, 0.25) is 0 Å². The van der Waals surface area contributed by atoms with Crippen LogP contribution in [-0.2, 0) is 4.08 Å². The van der Waals surface area contributed by atoms with E-state index in [1.54, 1.807) is 0 Å². The minimum absolute atomic E-state index is 0.0210. The molecule has 1 aliphatic carbocycles. The van der Waals surface area contributed by atoms with E-state index in [1.165, 1.54) is 25.7 Å². The zero-order valence-electron chi connectivity index (χ0n) is 18.3. The lowest BCUT2D eigenvalue weighted by Crippen LogP contribution is -2.19. The van der Waals surface area contributed by atoms with Gasteiger partial charge in [0.05, 0.1) is 10.7 Å². The molecule has 1 aliphatic heterocycles. The summed E-state index contributed by atoms with van der Waals surface area (Å²) in [6.07, 6.45) is 9.66. The number of hydrogen-bond acceptors (Lipinski definition) is 5. The van der Waals surface area contributed by atoms with Gasteiger partial charge in [0.25, 0.3) is 0 Å². The van der Waals surface area contributed by atoms with E-state index in [9.17, 15) is 15.3 Å². The number of phenols is 2. The minimum atomic E-state index is -0.156. The molecule has 3 rings (SSSR count). The number of phenolic OH excluding ortho intramolecular Hbond substituents is 2. The van der Waals surface area contributed by atoms with Gasteiger partial charge in [-0.2, -0.15) is 0 Å². The molecule has 0 spiro atoms. The average molecular weight is 449 g/mol. The van der Waals surface area contributed by atoms with Crippen molar-refractivity contribution in [3.05, 3.63) is 47.1 Å². The Morgan fingerprint density at radius 2 is 1.80 bits per heavy atom. The SMILES string of the molecule is C=C(C)[C@H]1CCC(CO)=C[C@@H]1c1c(O)cc(C2(CCCCCC)SCCS2)cc1O. The van der Waals surface area contributed by atoms with E-state index in [4.69, 9.17) is 0 Å². The highest BCUT2D eigenvalue weighted by atomic mass is 32.2. The van der Waals surface area contributed by atoms with Crippen LogP contribution in [0.25, 0.3) is 0 Å². The van der Waals surface area contributed by atoms with Gasteiger partial charge in [-0.3, -0.25) is 0 Å². The van der Waals surface area contributed by atoms with Crippen molar-refractivity contribution in [2.45, 2.75) is 68.8 Å². The summed E-state index contributed by atoms with van der Waals surface area (Å²) in [5, 5.41) is 31.8. The molecule has 2 aliphatic rings. The van der Waals surface area contributed by atoms with E-state index < -0.39 is 0 Å². The Bertz CT molecular complexity index is 758. The molecule has 1 saturated heterocycles. The monoisotopic (exact) mass is 448 g/mol. The third-order valence-electron chi connectivity index (χ3n) is 6.48. The second-order valence-corrected chi connectivity index (χ2v) is 11.7. The van der Waals surface area contributed by atoms with E-state index in [0.717, 1.165) is 47.5 Å². The fourth-order valence-corrected chi connectivity index (χ4v) is 8.13. The standard InChI is InChI=1S/C25H36O3S2/c1-4-5-6-7-10-25(29-11-12-30-25)19-14-22(27)24(23(28)15-19)21-13-18(16-26)8-9-20(21)17(2)3/h13-15,20-21,26-28H,2,4-12,16H2,1,3H3/t20-,21+/m1/s1. The van der Waals surface area contributed by atoms with Crippen LogP contribution in [0.5, 0.6) is 11.5 Å². The van der Waals surface area contributed by atoms with Crippen molar-refractivity contribution >= 4 is 23.5 Å². The Labute approximate surface area is 190 Å². The second-order valence-electron chi connectivity index (χ2n) is 8.69. The van der Waals surface area contributed by atoms with Crippen LogP contribution in [0.1, 0.15) is 75.8 Å². The summed E-state index contributed by atoms with van der Waals surface area (Å²) in [6, 6.07) is 3.77. The summed E-state index contributed by atoms with van der Waals surface area (Å²) in [5.41, 5.74) is 3.62. The highest BCUT2D eigenvalue weighted by Crippen LogP contribution is 2.57. The number of rotatable bonds is 9. The zero-order chi connectivity index (χ0) is 21.7. The molecule has 1 aromatic rings. The molecule has 1 heterocycles. The first-order chi connectivity index (χ1) is 14.4. The van der Waals surface area contributed by atoms with Gasteiger partial charge in [0.1, 0.15) is 11.5 Å². The van der Waals surface area contributed by atoms with Crippen LogP contribution in [-0.4, -0.2) is 33.4 Å². The van der Waals surface area contributed by atoms with Crippen molar-refractivity contribution in [3.63, 3.8) is 0 Å². The topological polar surface area (TPSA) is 60.7 Å². The lowest BCUT2D eigenvalue weighted by Gasteiger charge is -2.33. The number of thioether (sulfide) groups is 2. The first kappa shape index (κ1) is 23.6. The van der Waals surface area contributed by atoms with Gasteiger partial charge in [0, 0.05) is 23.0 Å². The number of aromatic hydroxyl groups is 2. The molecule has 1 fully saturated rings. The summed E-state index contributed by atoms with van der Waals surface area (Å²) in [7, 11) is 0. The van der Waals surface area contributed by atoms with Gasteiger partial charge in [-0.1, -0.05) is 50.8 Å². The zero-order valence-corrected chi connectivity index (χ0v) is 20.0. The van der Waals surface area contributed by atoms with Gasteiger partial charge < -0.3 is 15.3 Å². The Morgan fingerprint density at radius 1 is 1.13 bits per heavy atom. The number of benzene rings is 1. The maximum atomic E-state index is 11.1. The highest BCUT2D eigenvalue weighted by Gasteiger charge is 2.39. The van der Waals surface area contributed by atoms with Crippen molar-refractivity contribution in [2.24, 2.45) is 5.92 Å². The summed E-state index contributed by atoms with van der Waals surface area (Å²) < 4.78 is -0.0757. The van der Waals surface area contributed by atoms with Crippen LogP contribution >= 0.6 is 23.5 Å². The molecule has 5 heteroatoms. The number of unbranched alkanes of at least 4 members (excludes halogenated alkanes) is 3. The van der Waals surface area contributed by atoms with Gasteiger partial charge in [-0.25, -0.2) is 0 Å². The third-order valence-corrected chi connectivity index (χ3v) is 10.1. The molecule has 30 heavy (non-hydrogen) atoms. The Hall–Kier alpha value is -1.04. The van der Waals surface area contributed by atoms with Crippen molar-refractivity contribution in [1.29, 1.82) is 0 Å². The van der Waals surface area contributed by atoms with Crippen molar-refractivity contribution < 1.29 is 15.3 Å². The molecule has 0 bridgehead atoms. The normalized spacial score (nSPS) is 23.4. The average Bonchev–Trinajstić information content (AvgIpc) is 3.20. The third kappa shape index (κ3) is 5.05. The predicted molar refractivity (Wildman–Crippen MR) is 131 cm³/mol. The molecule has 0 saturated carbocycles. The maximum Gasteiger partial charge on any atom is 0.123 e. The molecular weight excluding hydrogens is 412 g/mol. The fourth-order valence-electron chi connectivity index (χ4n) is 4.82. The van der Waals surface area contributed by atoms with Crippen LogP contribution in [0, 0.1) is 5.92 Å². The van der Waals surface area contributed by atoms with Crippen LogP contribution < -0.4 is 0 Å².